The van der Waals surface area contributed by atoms with E-state index in [4.69, 9.17) is 4.74 Å². The monoisotopic (exact) mass is 235 g/mol. The maximum atomic E-state index is 10.3. The minimum Gasteiger partial charge on any atom is -0.491 e. The van der Waals surface area contributed by atoms with Crippen LogP contribution in [-0.2, 0) is 0 Å². The molecule has 1 aromatic rings. The summed E-state index contributed by atoms with van der Waals surface area (Å²) in [5.74, 6) is 0.856. The molecule has 1 fully saturated rings. The van der Waals surface area contributed by atoms with E-state index in [1.807, 2.05) is 12.1 Å². The zero-order chi connectivity index (χ0) is 12.3. The molecule has 0 amide bonds. The second-order valence-electron chi connectivity index (χ2n) is 5.09. The molecule has 0 spiro atoms. The van der Waals surface area contributed by atoms with Crippen LogP contribution in [0.1, 0.15) is 24.0 Å². The molecular weight excluding hydrogens is 214 g/mol. The normalized spacial score (nSPS) is 19.0. The maximum absolute atomic E-state index is 10.3. The van der Waals surface area contributed by atoms with Crippen LogP contribution in [0.25, 0.3) is 0 Å². The lowest BCUT2D eigenvalue weighted by Crippen LogP contribution is -2.45. The number of hydrogen-bond donors (Lipinski definition) is 2. The number of hydrogen-bond acceptors (Lipinski definition) is 3. The minimum absolute atomic E-state index is 0.386. The van der Waals surface area contributed by atoms with Gasteiger partial charge in [-0.2, -0.15) is 0 Å². The molecule has 94 valence electrons. The fraction of sp³-hybridized carbons (Fsp3) is 0.571. The van der Waals surface area contributed by atoms with E-state index in [-0.39, 0.29) is 0 Å². The summed E-state index contributed by atoms with van der Waals surface area (Å²) in [6.07, 6.45) is 1.52. The average molecular weight is 235 g/mol. The van der Waals surface area contributed by atoms with Crippen molar-refractivity contribution >= 4 is 0 Å². The van der Waals surface area contributed by atoms with Crippen LogP contribution < -0.4 is 10.1 Å². The van der Waals surface area contributed by atoms with E-state index in [1.54, 1.807) is 0 Å². The van der Waals surface area contributed by atoms with Gasteiger partial charge in [-0.1, -0.05) is 6.07 Å². The van der Waals surface area contributed by atoms with Crippen molar-refractivity contribution in [1.82, 2.24) is 5.32 Å². The third-order valence-electron chi connectivity index (χ3n) is 3.24. The Bertz CT molecular complexity index is 364. The molecular formula is C14H21NO2. The predicted molar refractivity (Wildman–Crippen MR) is 68.5 cm³/mol. The van der Waals surface area contributed by atoms with Gasteiger partial charge in [0.1, 0.15) is 18.0 Å². The first-order chi connectivity index (χ1) is 8.07. The highest BCUT2D eigenvalue weighted by atomic mass is 16.5. The lowest BCUT2D eigenvalue weighted by Gasteiger charge is -2.32. The Labute approximate surface area is 103 Å². The van der Waals surface area contributed by atoms with Gasteiger partial charge in [0, 0.05) is 0 Å². The smallest absolute Gasteiger partial charge is 0.119 e. The number of nitrogens with one attached hydrogen (secondary N) is 1. The van der Waals surface area contributed by atoms with Gasteiger partial charge in [-0.05, 0) is 63.0 Å². The van der Waals surface area contributed by atoms with Gasteiger partial charge in [-0.25, -0.2) is 0 Å². The van der Waals surface area contributed by atoms with Crippen LogP contribution in [0.3, 0.4) is 0 Å². The fourth-order valence-corrected chi connectivity index (χ4v) is 2.27. The summed E-state index contributed by atoms with van der Waals surface area (Å²) >= 11 is 0. The van der Waals surface area contributed by atoms with Crippen LogP contribution in [0.5, 0.6) is 5.75 Å². The van der Waals surface area contributed by atoms with Gasteiger partial charge >= 0.3 is 0 Å². The van der Waals surface area contributed by atoms with Gasteiger partial charge in [0.05, 0.1) is 0 Å². The SMILES string of the molecule is Cc1cc(C)cc(OCC2(O)CCNCC2)c1. The van der Waals surface area contributed by atoms with Crippen molar-refractivity contribution in [2.45, 2.75) is 32.3 Å². The molecule has 1 aliphatic heterocycles. The van der Waals surface area contributed by atoms with E-state index in [2.05, 4.69) is 25.2 Å². The average Bonchev–Trinajstić information content (AvgIpc) is 2.26. The van der Waals surface area contributed by atoms with E-state index >= 15 is 0 Å². The molecule has 3 nitrogen and oxygen atoms in total. The molecule has 1 aromatic carbocycles. The molecule has 1 aliphatic rings. The number of benzene rings is 1. The van der Waals surface area contributed by atoms with E-state index in [0.29, 0.717) is 6.61 Å². The van der Waals surface area contributed by atoms with Crippen LogP contribution in [0, 0.1) is 13.8 Å². The van der Waals surface area contributed by atoms with Crippen LogP contribution >= 0.6 is 0 Å². The first-order valence-electron chi connectivity index (χ1n) is 6.22. The first kappa shape index (κ1) is 12.4. The molecule has 0 radical (unpaired) electrons. The third-order valence-corrected chi connectivity index (χ3v) is 3.24. The van der Waals surface area contributed by atoms with Crippen molar-refractivity contribution in [2.75, 3.05) is 19.7 Å². The van der Waals surface area contributed by atoms with Gasteiger partial charge in [-0.15, -0.1) is 0 Å². The Kier molecular flexibility index (Phi) is 3.69. The van der Waals surface area contributed by atoms with Crippen LogP contribution in [0.15, 0.2) is 18.2 Å². The highest BCUT2D eigenvalue weighted by Gasteiger charge is 2.29. The minimum atomic E-state index is -0.664. The Morgan fingerprint density at radius 1 is 1.18 bits per heavy atom. The highest BCUT2D eigenvalue weighted by Crippen LogP contribution is 2.22. The Hall–Kier alpha value is -1.06. The molecule has 0 aromatic heterocycles. The molecule has 0 saturated carbocycles. The summed E-state index contributed by atoms with van der Waals surface area (Å²) in [5.41, 5.74) is 1.72. The number of rotatable bonds is 3. The third kappa shape index (κ3) is 3.45. The van der Waals surface area contributed by atoms with Gasteiger partial charge in [0.2, 0.25) is 0 Å². The standard InChI is InChI=1S/C14H21NO2/c1-11-7-12(2)9-13(8-11)17-10-14(16)3-5-15-6-4-14/h7-9,15-16H,3-6,10H2,1-2H3. The molecule has 3 heteroatoms. The molecule has 0 unspecified atom stereocenters. The molecule has 2 rings (SSSR count). The molecule has 1 saturated heterocycles. The zero-order valence-electron chi connectivity index (χ0n) is 10.6. The quantitative estimate of drug-likeness (QED) is 0.839. The molecule has 0 bridgehead atoms. The summed E-state index contributed by atoms with van der Waals surface area (Å²) in [7, 11) is 0. The molecule has 0 atom stereocenters. The second-order valence-corrected chi connectivity index (χ2v) is 5.09. The Morgan fingerprint density at radius 3 is 2.35 bits per heavy atom. The van der Waals surface area contributed by atoms with Gasteiger partial charge in [0.25, 0.3) is 0 Å². The highest BCUT2D eigenvalue weighted by molar-refractivity contribution is 5.33. The molecule has 1 heterocycles. The van der Waals surface area contributed by atoms with E-state index in [9.17, 15) is 5.11 Å². The molecule has 2 N–H and O–H groups in total. The lowest BCUT2D eigenvalue weighted by molar-refractivity contribution is -0.0286. The summed E-state index contributed by atoms with van der Waals surface area (Å²) in [5, 5.41) is 13.5. The summed E-state index contributed by atoms with van der Waals surface area (Å²) in [6, 6.07) is 6.14. The first-order valence-corrected chi connectivity index (χ1v) is 6.22. The second kappa shape index (κ2) is 5.07. The van der Waals surface area contributed by atoms with Crippen molar-refractivity contribution in [3.63, 3.8) is 0 Å². The summed E-state index contributed by atoms with van der Waals surface area (Å²) < 4.78 is 5.73. The summed E-state index contributed by atoms with van der Waals surface area (Å²) in [6.45, 7) is 6.23. The number of piperidine rings is 1. The van der Waals surface area contributed by atoms with Gasteiger partial charge < -0.3 is 15.2 Å². The fourth-order valence-electron chi connectivity index (χ4n) is 2.27. The Morgan fingerprint density at radius 2 is 1.76 bits per heavy atom. The molecule has 17 heavy (non-hydrogen) atoms. The van der Waals surface area contributed by atoms with Crippen LogP contribution in [0.2, 0.25) is 0 Å². The molecule has 0 aliphatic carbocycles. The number of aryl methyl sites for hydroxylation is 2. The van der Waals surface area contributed by atoms with Crippen molar-refractivity contribution in [2.24, 2.45) is 0 Å². The van der Waals surface area contributed by atoms with Crippen molar-refractivity contribution in [1.29, 1.82) is 0 Å². The van der Waals surface area contributed by atoms with Crippen LogP contribution in [-0.4, -0.2) is 30.4 Å². The number of aliphatic hydroxyl groups is 1. The van der Waals surface area contributed by atoms with E-state index in [0.717, 1.165) is 31.7 Å². The van der Waals surface area contributed by atoms with Crippen molar-refractivity contribution in [3.05, 3.63) is 29.3 Å². The van der Waals surface area contributed by atoms with Crippen LogP contribution in [0.4, 0.5) is 0 Å². The van der Waals surface area contributed by atoms with Gasteiger partial charge in [-0.3, -0.25) is 0 Å². The topological polar surface area (TPSA) is 41.5 Å². The predicted octanol–water partition coefficient (Wildman–Crippen LogP) is 1.80. The summed E-state index contributed by atoms with van der Waals surface area (Å²) in [4.78, 5) is 0. The number of ether oxygens (including phenoxy) is 1. The Balaban J connectivity index is 1.96. The van der Waals surface area contributed by atoms with E-state index in [1.165, 1.54) is 11.1 Å². The maximum Gasteiger partial charge on any atom is 0.119 e. The largest absolute Gasteiger partial charge is 0.491 e. The van der Waals surface area contributed by atoms with Crippen molar-refractivity contribution in [3.8, 4) is 5.75 Å². The van der Waals surface area contributed by atoms with E-state index < -0.39 is 5.60 Å². The zero-order valence-corrected chi connectivity index (χ0v) is 10.6. The van der Waals surface area contributed by atoms with Gasteiger partial charge in [0.15, 0.2) is 0 Å². The van der Waals surface area contributed by atoms with Crippen molar-refractivity contribution < 1.29 is 9.84 Å². The lowest BCUT2D eigenvalue weighted by atomic mass is 9.93.